The van der Waals surface area contributed by atoms with E-state index >= 15 is 0 Å². The van der Waals surface area contributed by atoms with E-state index in [1.54, 1.807) is 0 Å². The number of likely N-dealkylation sites (tertiary alicyclic amines) is 1. The third-order valence-electron chi connectivity index (χ3n) is 2.80. The molecule has 7 nitrogen and oxygen atoms in total. The number of carbonyl (C=O) groups is 2. The van der Waals surface area contributed by atoms with Crippen molar-refractivity contribution in [2.24, 2.45) is 0 Å². The first-order valence-electron chi connectivity index (χ1n) is 5.18. The number of hydrogen-bond donors (Lipinski definition) is 1. The molecule has 1 atom stereocenters. The number of carbonyl (C=O) groups excluding carboxylic acids is 1. The Hall–Kier alpha value is -2.12. The van der Waals surface area contributed by atoms with Crippen molar-refractivity contribution in [3.63, 3.8) is 0 Å². The molecule has 1 amide bonds. The molecule has 0 aromatic carbocycles. The monoisotopic (exact) mass is 258 g/mol. The van der Waals surface area contributed by atoms with Gasteiger partial charge in [0.1, 0.15) is 0 Å². The Kier molecular flexibility index (Phi) is 2.93. The Morgan fingerprint density at radius 3 is 2.89 bits per heavy atom. The van der Waals surface area contributed by atoms with Crippen LogP contribution in [0.15, 0.2) is 10.6 Å². The summed E-state index contributed by atoms with van der Waals surface area (Å²) in [5, 5.41) is 12.2. The van der Waals surface area contributed by atoms with Crippen LogP contribution in [-0.4, -0.2) is 52.9 Å². The number of aliphatic carboxylic acids is 1. The number of carboxylic acids is 1. The van der Waals surface area contributed by atoms with Crippen molar-refractivity contribution in [1.82, 2.24) is 10.1 Å². The first kappa shape index (κ1) is 12.3. The molecule has 8 heteroatoms. The lowest BCUT2D eigenvalue weighted by Crippen LogP contribution is -2.38. The molecule has 1 N–H and O–H groups in total. The van der Waals surface area contributed by atoms with Crippen LogP contribution in [0.4, 0.5) is 4.39 Å². The summed E-state index contributed by atoms with van der Waals surface area (Å²) in [5.74, 6) is -2.15. The number of halogens is 1. The van der Waals surface area contributed by atoms with Crippen LogP contribution in [0.1, 0.15) is 17.0 Å². The number of aromatic nitrogens is 1. The third kappa shape index (κ3) is 2.01. The average molecular weight is 258 g/mol. The largest absolute Gasteiger partial charge is 0.479 e. The predicted octanol–water partition coefficient (Wildman–Crippen LogP) is 0.322. The van der Waals surface area contributed by atoms with Crippen LogP contribution in [-0.2, 0) is 4.79 Å². The summed E-state index contributed by atoms with van der Waals surface area (Å²) < 4.78 is 23.2. The van der Waals surface area contributed by atoms with Crippen molar-refractivity contribution in [1.29, 1.82) is 0 Å². The number of hydrogen-bond acceptors (Lipinski definition) is 5. The summed E-state index contributed by atoms with van der Waals surface area (Å²) in [5.41, 5.74) is -2.39. The highest BCUT2D eigenvalue weighted by molar-refractivity contribution is 5.93. The molecule has 1 aliphatic rings. The molecule has 0 bridgehead atoms. The molecule has 1 aromatic rings. The number of methoxy groups -OCH3 is 1. The smallest absolute Gasteiger partial charge is 0.343 e. The number of nitrogens with zero attached hydrogens (tertiary/aromatic N) is 2. The molecule has 1 aliphatic heterocycles. The lowest BCUT2D eigenvalue weighted by Gasteiger charge is -2.15. The van der Waals surface area contributed by atoms with E-state index in [-0.39, 0.29) is 24.6 Å². The van der Waals surface area contributed by atoms with Gasteiger partial charge in [-0.2, -0.15) is 0 Å². The maximum absolute atomic E-state index is 13.8. The standard InChI is InChI=1S/C10H11FN2O5/c1-17-7-4-6(18-12-7)8(14)13-3-2-10(11,5-13)9(15)16/h4H,2-3,5H2,1H3,(H,15,16). The molecule has 0 aliphatic carbocycles. The highest BCUT2D eigenvalue weighted by Gasteiger charge is 2.47. The second-order valence-corrected chi connectivity index (χ2v) is 3.98. The van der Waals surface area contributed by atoms with Gasteiger partial charge >= 0.3 is 5.97 Å². The molecule has 0 radical (unpaired) electrons. The number of alkyl halides is 1. The highest BCUT2D eigenvalue weighted by Crippen LogP contribution is 2.27. The molecule has 98 valence electrons. The highest BCUT2D eigenvalue weighted by atomic mass is 19.1. The second-order valence-electron chi connectivity index (χ2n) is 3.98. The van der Waals surface area contributed by atoms with E-state index in [9.17, 15) is 14.0 Å². The Morgan fingerprint density at radius 2 is 2.39 bits per heavy atom. The van der Waals surface area contributed by atoms with Gasteiger partial charge in [0, 0.05) is 13.0 Å². The fourth-order valence-electron chi connectivity index (χ4n) is 1.73. The van der Waals surface area contributed by atoms with Crippen molar-refractivity contribution in [3.8, 4) is 5.88 Å². The maximum atomic E-state index is 13.8. The van der Waals surface area contributed by atoms with E-state index in [1.165, 1.54) is 13.2 Å². The molecule has 0 spiro atoms. The quantitative estimate of drug-likeness (QED) is 0.839. The Balaban J connectivity index is 2.10. The van der Waals surface area contributed by atoms with Gasteiger partial charge in [0.05, 0.1) is 19.7 Å². The number of amides is 1. The Labute approximate surface area is 101 Å². The van der Waals surface area contributed by atoms with Crippen LogP contribution >= 0.6 is 0 Å². The van der Waals surface area contributed by atoms with E-state index in [0.29, 0.717) is 0 Å². The van der Waals surface area contributed by atoms with Crippen molar-refractivity contribution in [3.05, 3.63) is 11.8 Å². The fourth-order valence-corrected chi connectivity index (χ4v) is 1.73. The van der Waals surface area contributed by atoms with Crippen molar-refractivity contribution in [2.45, 2.75) is 12.1 Å². The van der Waals surface area contributed by atoms with Gasteiger partial charge in [-0.25, -0.2) is 9.18 Å². The number of ether oxygens (including phenoxy) is 1. The van der Waals surface area contributed by atoms with Gasteiger partial charge in [0.25, 0.3) is 11.8 Å². The first-order chi connectivity index (χ1) is 8.46. The first-order valence-corrected chi connectivity index (χ1v) is 5.18. The van der Waals surface area contributed by atoms with Gasteiger partial charge in [0.15, 0.2) is 0 Å². The summed E-state index contributed by atoms with van der Waals surface area (Å²) in [4.78, 5) is 23.7. The van der Waals surface area contributed by atoms with Crippen molar-refractivity contribution in [2.75, 3.05) is 20.2 Å². The second kappa shape index (κ2) is 4.28. The van der Waals surface area contributed by atoms with E-state index in [0.717, 1.165) is 4.90 Å². The molecule has 1 aromatic heterocycles. The van der Waals surface area contributed by atoms with Crippen LogP contribution in [0.25, 0.3) is 0 Å². The van der Waals surface area contributed by atoms with Crippen molar-refractivity contribution >= 4 is 11.9 Å². The molecule has 1 saturated heterocycles. The Morgan fingerprint density at radius 1 is 1.67 bits per heavy atom. The molecule has 1 unspecified atom stereocenters. The molecule has 18 heavy (non-hydrogen) atoms. The van der Waals surface area contributed by atoms with Crippen LogP contribution in [0, 0.1) is 0 Å². The zero-order valence-electron chi connectivity index (χ0n) is 9.55. The van der Waals surface area contributed by atoms with Gasteiger partial charge < -0.3 is 19.3 Å². The third-order valence-corrected chi connectivity index (χ3v) is 2.80. The fraction of sp³-hybridized carbons (Fsp3) is 0.500. The minimum Gasteiger partial charge on any atom is -0.479 e. The van der Waals surface area contributed by atoms with Gasteiger partial charge in [-0.1, -0.05) is 0 Å². The number of carboxylic acid groups (broad SMARTS) is 1. The molecule has 2 heterocycles. The molecular weight excluding hydrogens is 247 g/mol. The topological polar surface area (TPSA) is 92.9 Å². The molecule has 1 fully saturated rings. The SMILES string of the molecule is COc1cc(C(=O)N2CCC(F)(C(=O)O)C2)on1. The van der Waals surface area contributed by atoms with E-state index in [4.69, 9.17) is 14.4 Å². The van der Waals surface area contributed by atoms with Crippen LogP contribution < -0.4 is 4.74 Å². The lowest BCUT2D eigenvalue weighted by atomic mass is 10.1. The zero-order valence-corrected chi connectivity index (χ0v) is 9.55. The van der Waals surface area contributed by atoms with Crippen LogP contribution in [0.5, 0.6) is 5.88 Å². The van der Waals surface area contributed by atoms with Gasteiger partial charge in [-0.05, 0) is 5.16 Å². The molecule has 0 saturated carbocycles. The predicted molar refractivity (Wildman–Crippen MR) is 55.1 cm³/mol. The van der Waals surface area contributed by atoms with Crippen molar-refractivity contribution < 1.29 is 28.3 Å². The molecular formula is C10H11FN2O5. The van der Waals surface area contributed by atoms with Gasteiger partial charge in [-0.15, -0.1) is 0 Å². The number of rotatable bonds is 3. The molecule has 2 rings (SSSR count). The van der Waals surface area contributed by atoms with Gasteiger partial charge in [0.2, 0.25) is 11.4 Å². The average Bonchev–Trinajstić information content (AvgIpc) is 2.95. The summed E-state index contributed by atoms with van der Waals surface area (Å²) in [7, 11) is 1.36. The van der Waals surface area contributed by atoms with E-state index in [2.05, 4.69) is 5.16 Å². The van der Waals surface area contributed by atoms with Crippen LogP contribution in [0.3, 0.4) is 0 Å². The zero-order chi connectivity index (χ0) is 13.3. The summed E-state index contributed by atoms with van der Waals surface area (Å²) in [6.07, 6.45) is -0.237. The van der Waals surface area contributed by atoms with E-state index < -0.39 is 24.1 Å². The lowest BCUT2D eigenvalue weighted by molar-refractivity contribution is -0.149. The summed E-state index contributed by atoms with van der Waals surface area (Å²) in [6, 6.07) is 1.27. The minimum absolute atomic E-state index is 0.0185. The minimum atomic E-state index is -2.39. The maximum Gasteiger partial charge on any atom is 0.343 e. The normalized spacial score (nSPS) is 23.1. The Bertz CT molecular complexity index is 488. The van der Waals surface area contributed by atoms with E-state index in [1.807, 2.05) is 0 Å². The summed E-state index contributed by atoms with van der Waals surface area (Å²) in [6.45, 7) is -0.477. The van der Waals surface area contributed by atoms with Crippen LogP contribution in [0.2, 0.25) is 0 Å². The summed E-state index contributed by atoms with van der Waals surface area (Å²) >= 11 is 0. The van der Waals surface area contributed by atoms with Gasteiger partial charge in [-0.3, -0.25) is 4.79 Å².